The Morgan fingerprint density at radius 2 is 1.71 bits per heavy atom. The molecule has 16 heteroatoms. The van der Waals surface area contributed by atoms with Gasteiger partial charge < -0.3 is 19.8 Å². The number of halogens is 4. The third kappa shape index (κ3) is 5.82. The van der Waals surface area contributed by atoms with Crippen molar-refractivity contribution in [3.63, 3.8) is 0 Å². The van der Waals surface area contributed by atoms with Crippen LogP contribution in [0.15, 0.2) is 66.0 Å². The number of sulfonamides is 1. The second-order valence-corrected chi connectivity index (χ2v) is 12.6. The number of hydrogen-bond donors (Lipinski definition) is 1. The van der Waals surface area contributed by atoms with Crippen molar-refractivity contribution >= 4 is 38.4 Å². The van der Waals surface area contributed by atoms with Crippen molar-refractivity contribution in [2.75, 3.05) is 42.7 Å². The number of carbonyl (C=O) groups excluding carboxylic acids is 1. The Morgan fingerprint density at radius 1 is 1.00 bits per heavy atom. The number of pyridine rings is 1. The van der Waals surface area contributed by atoms with Gasteiger partial charge in [-0.1, -0.05) is 10.5 Å². The van der Waals surface area contributed by atoms with E-state index in [1.165, 1.54) is 12.5 Å². The van der Waals surface area contributed by atoms with Crippen LogP contribution in [0.1, 0.15) is 12.8 Å². The first kappa shape index (κ1) is 30.5. The van der Waals surface area contributed by atoms with E-state index in [-0.39, 0.29) is 10.0 Å². The van der Waals surface area contributed by atoms with Crippen molar-refractivity contribution < 1.29 is 40.3 Å². The summed E-state index contributed by atoms with van der Waals surface area (Å²) in [5, 5.41) is 4.05. The topological polar surface area (TPSA) is 127 Å². The van der Waals surface area contributed by atoms with Crippen LogP contribution in [0.2, 0.25) is 0 Å². The van der Waals surface area contributed by atoms with E-state index in [0.29, 0.717) is 27.7 Å². The lowest BCUT2D eigenvalue weighted by molar-refractivity contribution is -0.199. The fourth-order valence-electron chi connectivity index (χ4n) is 5.44. The monoisotopic (exact) mass is 646 g/mol. The first-order valence-electron chi connectivity index (χ1n) is 13.8. The predicted molar refractivity (Wildman–Crippen MR) is 154 cm³/mol. The fraction of sp³-hybridized carbons (Fsp3) is 0.310. The van der Waals surface area contributed by atoms with Crippen molar-refractivity contribution in [2.24, 2.45) is 5.41 Å². The Balaban J connectivity index is 1.42. The van der Waals surface area contributed by atoms with Gasteiger partial charge in [0.05, 0.1) is 17.5 Å². The van der Waals surface area contributed by atoms with Crippen molar-refractivity contribution in [1.29, 1.82) is 0 Å². The molecule has 0 aliphatic carbocycles. The molecule has 0 bridgehead atoms. The molecule has 0 saturated carbocycles. The molecule has 2 aliphatic heterocycles. The summed E-state index contributed by atoms with van der Waals surface area (Å²) < 4.78 is 85.4. The maximum absolute atomic E-state index is 13.5. The molecular weight excluding hydrogens is 620 g/mol. The highest BCUT2D eigenvalue weighted by Crippen LogP contribution is 2.39. The van der Waals surface area contributed by atoms with Gasteiger partial charge in [-0.25, -0.2) is 24.1 Å². The minimum atomic E-state index is -5.55. The molecule has 1 spiro atoms. The number of piperidine rings is 1. The summed E-state index contributed by atoms with van der Waals surface area (Å²) in [5.74, 6) is -3.35. The zero-order valence-corrected chi connectivity index (χ0v) is 24.5. The van der Waals surface area contributed by atoms with E-state index in [1.807, 2.05) is 0 Å². The van der Waals surface area contributed by atoms with Gasteiger partial charge in [0.25, 0.3) is 10.0 Å². The zero-order chi connectivity index (χ0) is 32.0. The van der Waals surface area contributed by atoms with E-state index >= 15 is 0 Å². The van der Waals surface area contributed by atoms with Crippen molar-refractivity contribution in [3.8, 4) is 17.0 Å². The first-order chi connectivity index (χ1) is 21.4. The number of anilines is 2. The number of ether oxygens (including phenoxy) is 1. The molecule has 1 N–H and O–H groups in total. The highest BCUT2D eigenvalue weighted by Gasteiger charge is 2.46. The van der Waals surface area contributed by atoms with E-state index in [9.17, 15) is 30.8 Å². The lowest BCUT2D eigenvalue weighted by Gasteiger charge is -2.48. The second-order valence-electron chi connectivity index (χ2n) is 10.8. The average molecular weight is 647 g/mol. The fourth-order valence-corrected chi connectivity index (χ4v) is 6.67. The molecule has 0 unspecified atom stereocenters. The maximum atomic E-state index is 13.5. The number of carbonyl (C=O) groups is 1. The molecule has 2 aromatic heterocycles. The lowest BCUT2D eigenvalue weighted by Crippen LogP contribution is -2.58. The van der Waals surface area contributed by atoms with Crippen molar-refractivity contribution in [2.45, 2.75) is 23.9 Å². The highest BCUT2D eigenvalue weighted by atomic mass is 32.2. The molecule has 0 atom stereocenters. The van der Waals surface area contributed by atoms with Crippen molar-refractivity contribution in [3.05, 3.63) is 66.9 Å². The number of methoxy groups -OCH3 is 1. The van der Waals surface area contributed by atoms with Crippen LogP contribution in [0.4, 0.5) is 29.1 Å². The predicted octanol–water partition coefficient (Wildman–Crippen LogP) is 4.25. The summed E-state index contributed by atoms with van der Waals surface area (Å²) in [4.78, 5) is 30.9. The van der Waals surface area contributed by atoms with Gasteiger partial charge in [-0.3, -0.25) is 0 Å². The summed E-state index contributed by atoms with van der Waals surface area (Å²) >= 11 is 0. The minimum Gasteiger partial charge on any atom is -0.479 e. The van der Waals surface area contributed by atoms with Gasteiger partial charge in [0.2, 0.25) is 5.88 Å². The molecular formula is C29H26F4N6O5S. The van der Waals surface area contributed by atoms with Crippen LogP contribution in [0, 0.1) is 11.2 Å². The number of fused-ring (bicyclic) bond motifs is 1. The summed E-state index contributed by atoms with van der Waals surface area (Å²) in [5.41, 5.74) is 1.08. The molecule has 4 heterocycles. The number of rotatable bonds is 7. The Hall–Kier alpha value is -4.57. The Kier molecular flexibility index (Phi) is 7.72. The van der Waals surface area contributed by atoms with Gasteiger partial charge in [0.1, 0.15) is 18.0 Å². The molecule has 45 heavy (non-hydrogen) atoms. The number of benzene rings is 2. The van der Waals surface area contributed by atoms with Crippen LogP contribution >= 0.6 is 0 Å². The zero-order valence-electron chi connectivity index (χ0n) is 23.7. The van der Waals surface area contributed by atoms with E-state index in [4.69, 9.17) is 4.74 Å². The number of nitrogens with one attached hydrogen (secondary N) is 1. The number of hydrogen-bond acceptors (Lipinski definition) is 10. The van der Waals surface area contributed by atoms with Gasteiger partial charge in [-0.05, 0) is 66.3 Å². The molecule has 2 fully saturated rings. The van der Waals surface area contributed by atoms with Crippen LogP contribution in [0.3, 0.4) is 0 Å². The summed E-state index contributed by atoms with van der Waals surface area (Å²) in [6, 6.07) is 9.57. The van der Waals surface area contributed by atoms with Crippen LogP contribution in [-0.2, 0) is 19.7 Å². The van der Waals surface area contributed by atoms with Gasteiger partial charge in [0, 0.05) is 43.3 Å². The molecule has 2 aromatic carbocycles. The maximum Gasteiger partial charge on any atom is 0.493 e. The number of nitrogens with zero attached hydrogens (tertiary/aromatic N) is 5. The highest BCUT2D eigenvalue weighted by molar-refractivity contribution is 7.92. The van der Waals surface area contributed by atoms with Gasteiger partial charge in [-0.2, -0.15) is 21.6 Å². The Morgan fingerprint density at radius 3 is 2.33 bits per heavy atom. The molecule has 2 saturated heterocycles. The standard InChI is InChI=1S/C29H26F4N6O5S/c1-43-26-24(39(44-27(40)29(31,32)33)45(41,42)21-5-3-20(30)4-6-21)13-19(14-35-26)18-2-7-23-22(12-18)25(37-17-36-23)38-10-8-28(9-11-38)15-34-16-28/h2-7,12-14,17,34H,8-11,15-16H2,1H3. The number of aromatic nitrogens is 3. The first-order valence-corrected chi connectivity index (χ1v) is 15.2. The number of alkyl halides is 3. The lowest BCUT2D eigenvalue weighted by atomic mass is 9.73. The third-order valence-corrected chi connectivity index (χ3v) is 9.60. The molecule has 11 nitrogen and oxygen atoms in total. The molecule has 4 aromatic rings. The quantitative estimate of drug-likeness (QED) is 0.230. The van der Waals surface area contributed by atoms with Gasteiger partial charge in [0.15, 0.2) is 5.69 Å². The summed E-state index contributed by atoms with van der Waals surface area (Å²) in [7, 11) is -3.94. The van der Waals surface area contributed by atoms with E-state index < -0.39 is 44.4 Å². The Labute approximate surface area is 254 Å². The van der Waals surface area contributed by atoms with Crippen molar-refractivity contribution in [1.82, 2.24) is 20.3 Å². The summed E-state index contributed by atoms with van der Waals surface area (Å²) in [6.45, 7) is 3.59. The van der Waals surface area contributed by atoms with Crippen LogP contribution in [0.5, 0.6) is 5.88 Å². The largest absolute Gasteiger partial charge is 0.493 e. The molecule has 6 rings (SSSR count). The minimum absolute atomic E-state index is 0.222. The smallest absolute Gasteiger partial charge is 0.479 e. The third-order valence-electron chi connectivity index (χ3n) is 8.02. The van der Waals surface area contributed by atoms with Gasteiger partial charge >= 0.3 is 12.1 Å². The van der Waals surface area contributed by atoms with Crippen LogP contribution < -0.4 is 19.4 Å². The Bertz CT molecular complexity index is 1860. The molecule has 236 valence electrons. The second kappa shape index (κ2) is 11.4. The van der Waals surface area contributed by atoms with E-state index in [0.717, 1.165) is 76.5 Å². The SMILES string of the molecule is COc1ncc(-c2ccc3ncnc(N4CCC5(CC4)CNC5)c3c2)cc1N(OC(=O)C(F)(F)F)S(=O)(=O)c1ccc(F)cc1. The van der Waals surface area contributed by atoms with E-state index in [1.54, 1.807) is 18.2 Å². The van der Waals surface area contributed by atoms with Gasteiger partial charge in [-0.15, -0.1) is 0 Å². The molecule has 0 radical (unpaired) electrons. The van der Waals surface area contributed by atoms with Crippen LogP contribution in [-0.4, -0.2) is 68.8 Å². The van der Waals surface area contributed by atoms with Crippen LogP contribution in [0.25, 0.3) is 22.0 Å². The average Bonchev–Trinajstić information content (AvgIpc) is 3.01. The summed E-state index contributed by atoms with van der Waals surface area (Å²) in [6.07, 6.45) is -0.729. The molecule has 2 aliphatic rings. The molecule has 0 amide bonds. The normalized spacial score (nSPS) is 16.3. The van der Waals surface area contributed by atoms with E-state index in [2.05, 4.69) is 30.0 Å².